The van der Waals surface area contributed by atoms with Crippen LogP contribution in [0.25, 0.3) is 6.08 Å². The van der Waals surface area contributed by atoms with Gasteiger partial charge in [-0.3, -0.25) is 19.8 Å². The van der Waals surface area contributed by atoms with Gasteiger partial charge in [0.15, 0.2) is 16.6 Å². The Balaban J connectivity index is 1.98. The second-order valence-corrected chi connectivity index (χ2v) is 7.31. The minimum absolute atomic E-state index is 0.0203. The summed E-state index contributed by atoms with van der Waals surface area (Å²) in [6.07, 6.45) is 1.52. The predicted molar refractivity (Wildman–Crippen MR) is 119 cm³/mol. The highest BCUT2D eigenvalue weighted by Gasteiger charge is 2.34. The lowest BCUT2D eigenvalue weighted by molar-refractivity contribution is -0.122. The Kier molecular flexibility index (Phi) is 6.66. The summed E-state index contributed by atoms with van der Waals surface area (Å²) in [5.41, 5.74) is 1.18. The Labute approximate surface area is 182 Å². The monoisotopic (exact) mass is 474 g/mol. The molecule has 0 aliphatic carbocycles. The molecule has 1 saturated heterocycles. The Morgan fingerprint density at radius 2 is 1.69 bits per heavy atom. The van der Waals surface area contributed by atoms with Crippen LogP contribution in [0.3, 0.4) is 0 Å². The van der Waals surface area contributed by atoms with Gasteiger partial charge in [-0.2, -0.15) is 0 Å². The summed E-state index contributed by atoms with van der Waals surface area (Å²) in [5.74, 6) is 0.120. The fourth-order valence-corrected chi connectivity index (χ4v) is 3.35. The van der Waals surface area contributed by atoms with E-state index in [2.05, 4.69) is 21.2 Å². The van der Waals surface area contributed by atoms with Gasteiger partial charge in [0.1, 0.15) is 5.57 Å². The standard InChI is InChI=1S/C21H19BrN2O4S/c1-3-27-17-10-5-13(12-18(17)28-4-2)11-16-19(25)23-21(29)24(20(16)26)15-8-6-14(22)7-9-15/h5-12H,3-4H2,1-2H3,(H,23,25,29). The van der Waals surface area contributed by atoms with Gasteiger partial charge in [0.05, 0.1) is 18.9 Å². The van der Waals surface area contributed by atoms with E-state index in [4.69, 9.17) is 21.7 Å². The maximum absolute atomic E-state index is 13.1. The Morgan fingerprint density at radius 3 is 2.34 bits per heavy atom. The zero-order chi connectivity index (χ0) is 21.0. The molecule has 8 heteroatoms. The first-order valence-corrected chi connectivity index (χ1v) is 10.2. The molecule has 29 heavy (non-hydrogen) atoms. The Bertz CT molecular complexity index is 989. The molecule has 0 atom stereocenters. The quantitative estimate of drug-likeness (QED) is 0.388. The van der Waals surface area contributed by atoms with Crippen LogP contribution in [-0.4, -0.2) is 30.1 Å². The number of carbonyl (C=O) groups excluding carboxylic acids is 2. The number of rotatable bonds is 6. The van der Waals surface area contributed by atoms with Crippen molar-refractivity contribution in [2.75, 3.05) is 18.1 Å². The van der Waals surface area contributed by atoms with Crippen molar-refractivity contribution in [3.8, 4) is 11.5 Å². The molecule has 150 valence electrons. The molecular formula is C21H19BrN2O4S. The third-order valence-corrected chi connectivity index (χ3v) is 4.88. The lowest BCUT2D eigenvalue weighted by Crippen LogP contribution is -2.54. The summed E-state index contributed by atoms with van der Waals surface area (Å²) < 4.78 is 12.0. The topological polar surface area (TPSA) is 67.9 Å². The number of carbonyl (C=O) groups is 2. The van der Waals surface area contributed by atoms with Crippen LogP contribution in [0, 0.1) is 0 Å². The van der Waals surface area contributed by atoms with Crippen LogP contribution < -0.4 is 19.7 Å². The molecular weight excluding hydrogens is 456 g/mol. The third-order valence-electron chi connectivity index (χ3n) is 4.06. The number of nitrogens with zero attached hydrogens (tertiary/aromatic N) is 1. The van der Waals surface area contributed by atoms with Gasteiger partial charge in [-0.05, 0) is 74.1 Å². The van der Waals surface area contributed by atoms with E-state index >= 15 is 0 Å². The van der Waals surface area contributed by atoms with E-state index in [0.717, 1.165) is 4.47 Å². The van der Waals surface area contributed by atoms with Crippen LogP contribution in [0.5, 0.6) is 11.5 Å². The van der Waals surface area contributed by atoms with E-state index in [-0.39, 0.29) is 10.7 Å². The minimum Gasteiger partial charge on any atom is -0.490 e. The van der Waals surface area contributed by atoms with Crippen LogP contribution >= 0.6 is 28.1 Å². The van der Waals surface area contributed by atoms with Crippen LogP contribution in [0.1, 0.15) is 19.4 Å². The second kappa shape index (κ2) is 9.19. The summed E-state index contributed by atoms with van der Waals surface area (Å²) in [4.78, 5) is 26.8. The predicted octanol–water partition coefficient (Wildman–Crippen LogP) is 4.08. The first kappa shape index (κ1) is 21.0. The highest BCUT2D eigenvalue weighted by atomic mass is 79.9. The average molecular weight is 475 g/mol. The number of amides is 2. The number of benzene rings is 2. The second-order valence-electron chi connectivity index (χ2n) is 6.01. The van der Waals surface area contributed by atoms with Gasteiger partial charge < -0.3 is 9.47 Å². The molecule has 3 rings (SSSR count). The van der Waals surface area contributed by atoms with Crippen molar-refractivity contribution >= 4 is 56.8 Å². The molecule has 1 aliphatic rings. The lowest BCUT2D eigenvalue weighted by atomic mass is 10.1. The zero-order valence-corrected chi connectivity index (χ0v) is 18.3. The summed E-state index contributed by atoms with van der Waals surface area (Å²) >= 11 is 8.57. The van der Waals surface area contributed by atoms with Crippen molar-refractivity contribution in [1.29, 1.82) is 0 Å². The lowest BCUT2D eigenvalue weighted by Gasteiger charge is -2.29. The molecule has 1 aliphatic heterocycles. The Hall–Kier alpha value is -2.71. The fraction of sp³-hybridized carbons (Fsp3) is 0.190. The van der Waals surface area contributed by atoms with Crippen molar-refractivity contribution < 1.29 is 19.1 Å². The fourth-order valence-electron chi connectivity index (χ4n) is 2.81. The highest BCUT2D eigenvalue weighted by molar-refractivity contribution is 9.10. The number of nitrogens with one attached hydrogen (secondary N) is 1. The number of halogens is 1. The maximum atomic E-state index is 13.1. The summed E-state index contributed by atoms with van der Waals surface area (Å²) in [7, 11) is 0. The molecule has 0 bridgehead atoms. The van der Waals surface area contributed by atoms with Gasteiger partial charge in [0.2, 0.25) is 0 Å². The molecule has 0 aromatic heterocycles. The number of hydrogen-bond acceptors (Lipinski definition) is 5. The number of thiocarbonyl (C=S) groups is 1. The molecule has 2 aromatic rings. The molecule has 1 heterocycles. The van der Waals surface area contributed by atoms with E-state index in [9.17, 15) is 9.59 Å². The van der Waals surface area contributed by atoms with E-state index < -0.39 is 11.8 Å². The summed E-state index contributed by atoms with van der Waals surface area (Å²) in [5, 5.41) is 2.62. The van der Waals surface area contributed by atoms with E-state index in [1.54, 1.807) is 42.5 Å². The molecule has 6 nitrogen and oxygen atoms in total. The van der Waals surface area contributed by atoms with E-state index in [1.165, 1.54) is 11.0 Å². The molecule has 0 radical (unpaired) electrons. The van der Waals surface area contributed by atoms with Gasteiger partial charge in [-0.15, -0.1) is 0 Å². The van der Waals surface area contributed by atoms with E-state index in [0.29, 0.717) is 36.0 Å². The SMILES string of the molecule is CCOc1ccc(C=C2C(=O)NC(=S)N(c3ccc(Br)cc3)C2=O)cc1OCC. The molecule has 1 N–H and O–H groups in total. The molecule has 0 saturated carbocycles. The van der Waals surface area contributed by atoms with Gasteiger partial charge in [0.25, 0.3) is 11.8 Å². The van der Waals surface area contributed by atoms with Crippen LogP contribution in [0.15, 0.2) is 52.5 Å². The smallest absolute Gasteiger partial charge is 0.270 e. The van der Waals surface area contributed by atoms with Crippen molar-refractivity contribution in [1.82, 2.24) is 5.32 Å². The first-order chi connectivity index (χ1) is 13.9. The number of ether oxygens (including phenoxy) is 2. The molecule has 0 unspecified atom stereocenters. The Morgan fingerprint density at radius 1 is 1.03 bits per heavy atom. The molecule has 2 aromatic carbocycles. The average Bonchev–Trinajstić information content (AvgIpc) is 2.69. The van der Waals surface area contributed by atoms with Crippen LogP contribution in [-0.2, 0) is 9.59 Å². The minimum atomic E-state index is -0.541. The summed E-state index contributed by atoms with van der Waals surface area (Å²) in [6, 6.07) is 12.3. The van der Waals surface area contributed by atoms with Gasteiger partial charge >= 0.3 is 0 Å². The van der Waals surface area contributed by atoms with Crippen LogP contribution in [0.4, 0.5) is 5.69 Å². The van der Waals surface area contributed by atoms with Crippen molar-refractivity contribution in [2.45, 2.75) is 13.8 Å². The zero-order valence-electron chi connectivity index (χ0n) is 15.9. The van der Waals surface area contributed by atoms with Gasteiger partial charge in [-0.25, -0.2) is 0 Å². The van der Waals surface area contributed by atoms with Crippen LogP contribution in [0.2, 0.25) is 0 Å². The molecule has 0 spiro atoms. The number of hydrogen-bond donors (Lipinski definition) is 1. The van der Waals surface area contributed by atoms with Crippen molar-refractivity contribution in [3.05, 3.63) is 58.1 Å². The third kappa shape index (κ3) is 4.65. The van der Waals surface area contributed by atoms with Crippen molar-refractivity contribution in [3.63, 3.8) is 0 Å². The normalized spacial score (nSPS) is 15.5. The number of anilines is 1. The van der Waals surface area contributed by atoms with E-state index in [1.807, 2.05) is 13.8 Å². The first-order valence-electron chi connectivity index (χ1n) is 9.01. The van der Waals surface area contributed by atoms with Gasteiger partial charge in [-0.1, -0.05) is 22.0 Å². The molecule has 1 fully saturated rings. The summed E-state index contributed by atoms with van der Waals surface area (Å²) in [6.45, 7) is 4.72. The molecule has 2 amide bonds. The maximum Gasteiger partial charge on any atom is 0.270 e. The van der Waals surface area contributed by atoms with Gasteiger partial charge in [0, 0.05) is 4.47 Å². The van der Waals surface area contributed by atoms with Crippen molar-refractivity contribution in [2.24, 2.45) is 0 Å². The highest BCUT2D eigenvalue weighted by Crippen LogP contribution is 2.30. The largest absolute Gasteiger partial charge is 0.490 e.